The molecule has 0 aromatic carbocycles. The Hall–Kier alpha value is -0.610. The van der Waals surface area contributed by atoms with Gasteiger partial charge in [-0.25, -0.2) is 0 Å². The lowest BCUT2D eigenvalue weighted by Crippen LogP contribution is -2.59. The normalized spacial score (nSPS) is 21.7. The van der Waals surface area contributed by atoms with E-state index in [4.69, 9.17) is 4.74 Å². The van der Waals surface area contributed by atoms with E-state index in [1.165, 1.54) is 0 Å². The highest BCUT2D eigenvalue weighted by atomic mass is 16.5. The van der Waals surface area contributed by atoms with Gasteiger partial charge in [-0.3, -0.25) is 9.69 Å². The summed E-state index contributed by atoms with van der Waals surface area (Å²) in [6.07, 6.45) is -0.0245. The number of nitrogens with one attached hydrogen (secondary N) is 1. The maximum atomic E-state index is 11.5. The maximum Gasteiger partial charge on any atom is 0.320 e. The van der Waals surface area contributed by atoms with Crippen molar-refractivity contribution in [3.63, 3.8) is 0 Å². The quantitative estimate of drug-likeness (QED) is 0.699. The van der Waals surface area contributed by atoms with Crippen LogP contribution in [0.3, 0.4) is 0 Å². The molecule has 1 aliphatic rings. The van der Waals surface area contributed by atoms with Crippen LogP contribution >= 0.6 is 0 Å². The molecule has 0 aromatic heterocycles. The lowest BCUT2D eigenvalue weighted by Gasteiger charge is -2.42. The van der Waals surface area contributed by atoms with Crippen LogP contribution in [-0.2, 0) is 9.53 Å². The average Bonchev–Trinajstić information content (AvgIpc) is 2.07. The molecule has 15 heavy (non-hydrogen) atoms. The lowest BCUT2D eigenvalue weighted by atomic mass is 10.0. The van der Waals surface area contributed by atoms with Gasteiger partial charge < -0.3 is 10.1 Å². The van der Waals surface area contributed by atoms with Crippen molar-refractivity contribution in [1.82, 2.24) is 10.2 Å². The van der Waals surface area contributed by atoms with Crippen LogP contribution in [0.1, 0.15) is 27.7 Å². The van der Waals surface area contributed by atoms with Crippen molar-refractivity contribution in [2.24, 2.45) is 0 Å². The van der Waals surface area contributed by atoms with E-state index < -0.39 is 0 Å². The molecule has 0 unspecified atom stereocenters. The van der Waals surface area contributed by atoms with Gasteiger partial charge >= 0.3 is 5.97 Å². The third-order valence-electron chi connectivity index (χ3n) is 2.66. The number of rotatable bonds is 3. The second-order valence-corrected chi connectivity index (χ2v) is 4.95. The van der Waals surface area contributed by atoms with Gasteiger partial charge in [-0.1, -0.05) is 0 Å². The first-order chi connectivity index (χ1) is 6.92. The number of piperazine rings is 1. The Morgan fingerprint density at radius 2 is 2.20 bits per heavy atom. The summed E-state index contributed by atoms with van der Waals surface area (Å²) in [5.41, 5.74) is 0.0360. The second-order valence-electron chi connectivity index (χ2n) is 4.95. The molecule has 1 fully saturated rings. The SMILES string of the molecule is CC(C)OC(=O)CN1CCNCC1(C)C. The van der Waals surface area contributed by atoms with Gasteiger partial charge in [0.05, 0.1) is 12.6 Å². The maximum absolute atomic E-state index is 11.5. The van der Waals surface area contributed by atoms with Crippen molar-refractivity contribution < 1.29 is 9.53 Å². The van der Waals surface area contributed by atoms with Crippen molar-refractivity contribution in [3.05, 3.63) is 0 Å². The van der Waals surface area contributed by atoms with Crippen LogP contribution < -0.4 is 5.32 Å². The van der Waals surface area contributed by atoms with E-state index in [-0.39, 0.29) is 17.6 Å². The van der Waals surface area contributed by atoms with Gasteiger partial charge in [0.15, 0.2) is 0 Å². The topological polar surface area (TPSA) is 41.6 Å². The monoisotopic (exact) mass is 214 g/mol. The molecule has 0 aromatic rings. The summed E-state index contributed by atoms with van der Waals surface area (Å²) in [5.74, 6) is -0.125. The smallest absolute Gasteiger partial charge is 0.320 e. The molecule has 1 saturated heterocycles. The zero-order valence-corrected chi connectivity index (χ0v) is 10.2. The molecule has 0 atom stereocenters. The van der Waals surface area contributed by atoms with E-state index in [0.29, 0.717) is 6.54 Å². The Balaban J connectivity index is 2.45. The average molecular weight is 214 g/mol. The molecule has 4 heteroatoms. The van der Waals surface area contributed by atoms with E-state index in [0.717, 1.165) is 19.6 Å². The van der Waals surface area contributed by atoms with Crippen LogP contribution in [0.4, 0.5) is 0 Å². The number of carbonyl (C=O) groups excluding carboxylic acids is 1. The van der Waals surface area contributed by atoms with Crippen LogP contribution in [0.2, 0.25) is 0 Å². The zero-order chi connectivity index (χ0) is 11.5. The Morgan fingerprint density at radius 3 is 2.73 bits per heavy atom. The van der Waals surface area contributed by atoms with Crippen molar-refractivity contribution in [3.8, 4) is 0 Å². The molecule has 1 aliphatic heterocycles. The van der Waals surface area contributed by atoms with E-state index in [1.807, 2.05) is 13.8 Å². The molecule has 0 radical (unpaired) electrons. The molecule has 1 rings (SSSR count). The fourth-order valence-corrected chi connectivity index (χ4v) is 1.77. The molecular formula is C11H22N2O2. The molecule has 1 heterocycles. The first-order valence-electron chi connectivity index (χ1n) is 5.57. The molecule has 1 N–H and O–H groups in total. The number of hydrogen-bond donors (Lipinski definition) is 1. The molecule has 0 saturated carbocycles. The number of hydrogen-bond acceptors (Lipinski definition) is 4. The Morgan fingerprint density at radius 1 is 1.53 bits per heavy atom. The third kappa shape index (κ3) is 3.80. The molecule has 88 valence electrons. The summed E-state index contributed by atoms with van der Waals surface area (Å²) in [4.78, 5) is 13.7. The number of carbonyl (C=O) groups is 1. The molecule has 0 spiro atoms. The largest absolute Gasteiger partial charge is 0.462 e. The minimum atomic E-state index is -0.125. The van der Waals surface area contributed by atoms with Crippen molar-refractivity contribution in [2.45, 2.75) is 39.3 Å². The van der Waals surface area contributed by atoms with Gasteiger partial charge in [0.1, 0.15) is 0 Å². The first-order valence-corrected chi connectivity index (χ1v) is 5.57. The fraction of sp³-hybridized carbons (Fsp3) is 0.909. The number of ether oxygens (including phenoxy) is 1. The molecular weight excluding hydrogens is 192 g/mol. The summed E-state index contributed by atoms with van der Waals surface area (Å²) in [6.45, 7) is 11.2. The predicted octanol–water partition coefficient (Wildman–Crippen LogP) is 0.622. The summed E-state index contributed by atoms with van der Waals surface area (Å²) >= 11 is 0. The molecule has 0 bridgehead atoms. The Labute approximate surface area is 92.0 Å². The van der Waals surface area contributed by atoms with Crippen molar-refractivity contribution >= 4 is 5.97 Å². The first kappa shape index (κ1) is 12.5. The van der Waals surface area contributed by atoms with E-state index in [1.54, 1.807) is 0 Å². The van der Waals surface area contributed by atoms with Gasteiger partial charge in [-0.15, -0.1) is 0 Å². The van der Waals surface area contributed by atoms with Crippen LogP contribution in [0.25, 0.3) is 0 Å². The van der Waals surface area contributed by atoms with Crippen molar-refractivity contribution in [2.75, 3.05) is 26.2 Å². The number of esters is 1. The van der Waals surface area contributed by atoms with E-state index in [2.05, 4.69) is 24.1 Å². The highest BCUT2D eigenvalue weighted by Crippen LogP contribution is 2.15. The minimum Gasteiger partial charge on any atom is -0.462 e. The summed E-state index contributed by atoms with van der Waals surface area (Å²) < 4.78 is 5.15. The standard InChI is InChI=1S/C11H22N2O2/c1-9(2)15-10(14)7-13-6-5-12-8-11(13,3)4/h9,12H,5-8H2,1-4H3. The van der Waals surface area contributed by atoms with Crippen LogP contribution in [0, 0.1) is 0 Å². The van der Waals surface area contributed by atoms with Gasteiger partial charge in [0.2, 0.25) is 0 Å². The summed E-state index contributed by atoms with van der Waals surface area (Å²) in [5, 5.41) is 3.33. The zero-order valence-electron chi connectivity index (χ0n) is 10.2. The van der Waals surface area contributed by atoms with Gasteiger partial charge in [0.25, 0.3) is 0 Å². The van der Waals surface area contributed by atoms with Gasteiger partial charge in [-0.2, -0.15) is 0 Å². The van der Waals surface area contributed by atoms with Crippen LogP contribution in [-0.4, -0.2) is 48.7 Å². The molecule has 4 nitrogen and oxygen atoms in total. The van der Waals surface area contributed by atoms with Gasteiger partial charge in [-0.05, 0) is 27.7 Å². The Kier molecular flexibility index (Phi) is 4.11. The van der Waals surface area contributed by atoms with Crippen LogP contribution in [0.5, 0.6) is 0 Å². The molecule has 0 aliphatic carbocycles. The lowest BCUT2D eigenvalue weighted by molar-refractivity contribution is -0.150. The fourth-order valence-electron chi connectivity index (χ4n) is 1.77. The van der Waals surface area contributed by atoms with Gasteiger partial charge in [0, 0.05) is 25.2 Å². The third-order valence-corrected chi connectivity index (χ3v) is 2.66. The summed E-state index contributed by atoms with van der Waals surface area (Å²) in [7, 11) is 0. The van der Waals surface area contributed by atoms with Crippen LogP contribution in [0.15, 0.2) is 0 Å². The highest BCUT2D eigenvalue weighted by molar-refractivity contribution is 5.72. The minimum absolute atomic E-state index is 0.0245. The molecule has 0 amide bonds. The predicted molar refractivity (Wildman–Crippen MR) is 59.7 cm³/mol. The number of nitrogens with zero attached hydrogens (tertiary/aromatic N) is 1. The summed E-state index contributed by atoms with van der Waals surface area (Å²) in [6, 6.07) is 0. The Bertz CT molecular complexity index is 227. The van der Waals surface area contributed by atoms with Crippen molar-refractivity contribution in [1.29, 1.82) is 0 Å². The van der Waals surface area contributed by atoms with E-state index >= 15 is 0 Å². The second kappa shape index (κ2) is 4.94. The van der Waals surface area contributed by atoms with E-state index in [9.17, 15) is 4.79 Å². The highest BCUT2D eigenvalue weighted by Gasteiger charge is 2.31.